The van der Waals surface area contributed by atoms with Gasteiger partial charge in [-0.1, -0.05) is 55.5 Å². The van der Waals surface area contributed by atoms with Crippen molar-refractivity contribution in [2.75, 3.05) is 13.2 Å². The average Bonchev–Trinajstić information content (AvgIpc) is 3.36. The van der Waals surface area contributed by atoms with Crippen LogP contribution in [0.5, 0.6) is 0 Å². The van der Waals surface area contributed by atoms with Gasteiger partial charge in [-0.05, 0) is 48.4 Å². The second kappa shape index (κ2) is 9.25. The van der Waals surface area contributed by atoms with Crippen LogP contribution in [-0.2, 0) is 14.3 Å². The SMILES string of the molecule is CC[C@@H](CC(=O)N1CCC[C@@]1(C)C(=O)O)NC(=O)OCC1c2ccccc2-c2ccccc21. The number of nitrogens with zero attached hydrogens (tertiary/aromatic N) is 1. The molecule has 0 bridgehead atoms. The Balaban J connectivity index is 1.37. The van der Waals surface area contributed by atoms with Gasteiger partial charge >= 0.3 is 12.1 Å². The van der Waals surface area contributed by atoms with Crippen molar-refractivity contribution in [2.45, 2.75) is 57.0 Å². The number of benzene rings is 2. The molecule has 2 atom stereocenters. The van der Waals surface area contributed by atoms with Crippen LogP contribution in [0.1, 0.15) is 56.6 Å². The molecule has 7 nitrogen and oxygen atoms in total. The van der Waals surface area contributed by atoms with Gasteiger partial charge in [-0.15, -0.1) is 0 Å². The van der Waals surface area contributed by atoms with E-state index in [-0.39, 0.29) is 24.9 Å². The Labute approximate surface area is 193 Å². The zero-order valence-corrected chi connectivity index (χ0v) is 19.0. The van der Waals surface area contributed by atoms with E-state index in [0.29, 0.717) is 25.8 Å². The number of rotatable bonds is 7. The molecule has 2 N–H and O–H groups in total. The number of hydrogen-bond acceptors (Lipinski definition) is 4. The van der Waals surface area contributed by atoms with Crippen molar-refractivity contribution in [1.82, 2.24) is 10.2 Å². The number of fused-ring (bicyclic) bond motifs is 3. The molecule has 0 radical (unpaired) electrons. The molecule has 1 fully saturated rings. The molecule has 0 saturated carbocycles. The average molecular weight is 451 g/mol. The highest BCUT2D eigenvalue weighted by Crippen LogP contribution is 2.44. The van der Waals surface area contributed by atoms with E-state index in [2.05, 4.69) is 29.6 Å². The molecule has 2 aromatic rings. The molecule has 1 heterocycles. The number of aliphatic carboxylic acids is 1. The molecule has 1 aliphatic carbocycles. The lowest BCUT2D eigenvalue weighted by Crippen LogP contribution is -2.52. The Morgan fingerprint density at radius 3 is 2.30 bits per heavy atom. The number of hydrogen-bond donors (Lipinski definition) is 2. The summed E-state index contributed by atoms with van der Waals surface area (Å²) in [5, 5.41) is 12.4. The topological polar surface area (TPSA) is 95.9 Å². The first-order chi connectivity index (χ1) is 15.8. The molecule has 7 heteroatoms. The van der Waals surface area contributed by atoms with E-state index < -0.39 is 23.6 Å². The second-order valence-corrected chi connectivity index (χ2v) is 9.01. The van der Waals surface area contributed by atoms with Gasteiger partial charge in [-0.25, -0.2) is 9.59 Å². The summed E-state index contributed by atoms with van der Waals surface area (Å²) in [5.74, 6) is -1.29. The highest BCUT2D eigenvalue weighted by atomic mass is 16.5. The lowest BCUT2D eigenvalue weighted by Gasteiger charge is -2.32. The van der Waals surface area contributed by atoms with Crippen LogP contribution in [0.3, 0.4) is 0 Å². The number of carboxylic acid groups (broad SMARTS) is 1. The number of likely N-dealkylation sites (tertiary alicyclic amines) is 1. The van der Waals surface area contributed by atoms with E-state index in [1.54, 1.807) is 6.92 Å². The largest absolute Gasteiger partial charge is 0.480 e. The summed E-state index contributed by atoms with van der Waals surface area (Å²) in [6.45, 7) is 4.08. The van der Waals surface area contributed by atoms with Crippen LogP contribution < -0.4 is 5.32 Å². The molecule has 1 saturated heterocycles. The maximum absolute atomic E-state index is 12.8. The van der Waals surface area contributed by atoms with Gasteiger partial charge in [0.05, 0.1) is 0 Å². The van der Waals surface area contributed by atoms with Crippen LogP contribution in [0.25, 0.3) is 11.1 Å². The molecule has 0 aromatic heterocycles. The second-order valence-electron chi connectivity index (χ2n) is 9.01. The van der Waals surface area contributed by atoms with Crippen LogP contribution in [0.4, 0.5) is 4.79 Å². The number of carboxylic acids is 1. The third-order valence-electron chi connectivity index (χ3n) is 6.98. The number of carbonyl (C=O) groups is 3. The summed E-state index contributed by atoms with van der Waals surface area (Å²) in [4.78, 5) is 38.5. The molecule has 1 aliphatic heterocycles. The highest BCUT2D eigenvalue weighted by Gasteiger charge is 2.46. The first-order valence-electron chi connectivity index (χ1n) is 11.5. The van der Waals surface area contributed by atoms with E-state index >= 15 is 0 Å². The monoisotopic (exact) mass is 450 g/mol. The normalized spacial score (nSPS) is 20.1. The Bertz CT molecular complexity index is 1020. The molecule has 0 unspecified atom stereocenters. The minimum atomic E-state index is -1.18. The molecule has 33 heavy (non-hydrogen) atoms. The van der Waals surface area contributed by atoms with Crippen molar-refractivity contribution >= 4 is 18.0 Å². The first-order valence-corrected chi connectivity index (χ1v) is 11.5. The van der Waals surface area contributed by atoms with Gasteiger partial charge in [-0.3, -0.25) is 4.79 Å². The van der Waals surface area contributed by atoms with Gasteiger partial charge in [0.1, 0.15) is 12.1 Å². The van der Waals surface area contributed by atoms with Gasteiger partial charge in [-0.2, -0.15) is 0 Å². The lowest BCUT2D eigenvalue weighted by atomic mass is 9.98. The molecule has 2 aromatic carbocycles. The van der Waals surface area contributed by atoms with Gasteiger partial charge < -0.3 is 20.1 Å². The Morgan fingerprint density at radius 1 is 1.12 bits per heavy atom. The molecule has 2 aliphatic rings. The van der Waals surface area contributed by atoms with E-state index in [4.69, 9.17) is 4.74 Å². The quantitative estimate of drug-likeness (QED) is 0.660. The fraction of sp³-hybridized carbons (Fsp3) is 0.423. The maximum atomic E-state index is 12.8. The number of carbonyl (C=O) groups excluding carboxylic acids is 2. The predicted octanol–water partition coefficient (Wildman–Crippen LogP) is 4.16. The number of alkyl carbamates (subject to hydrolysis) is 1. The Kier molecular flexibility index (Phi) is 6.40. The van der Waals surface area contributed by atoms with Crippen molar-refractivity contribution in [3.63, 3.8) is 0 Å². The standard InChI is InChI=1S/C26H30N2O5/c1-3-17(15-23(29)28-14-8-13-26(28,2)24(30)31)27-25(32)33-16-22-20-11-6-4-9-18(20)19-10-5-7-12-21(19)22/h4-7,9-12,17,22H,3,8,13-16H2,1-2H3,(H,27,32)(H,30,31)/t17-,26-/m0/s1. The van der Waals surface area contributed by atoms with Crippen molar-refractivity contribution in [3.8, 4) is 11.1 Å². The van der Waals surface area contributed by atoms with Crippen LogP contribution in [0.15, 0.2) is 48.5 Å². The fourth-order valence-electron chi connectivity index (χ4n) is 5.01. The van der Waals surface area contributed by atoms with Crippen LogP contribution in [0, 0.1) is 0 Å². The Hall–Kier alpha value is -3.35. The van der Waals surface area contributed by atoms with Crippen LogP contribution in [0.2, 0.25) is 0 Å². The summed E-state index contributed by atoms with van der Waals surface area (Å²) in [5.41, 5.74) is 3.41. The minimum absolute atomic E-state index is 0.0364. The lowest BCUT2D eigenvalue weighted by molar-refractivity contribution is -0.155. The molecular formula is C26H30N2O5. The summed E-state index contributed by atoms with van der Waals surface area (Å²) in [6, 6.07) is 15.8. The van der Waals surface area contributed by atoms with E-state index in [9.17, 15) is 19.5 Å². The summed E-state index contributed by atoms with van der Waals surface area (Å²) >= 11 is 0. The Morgan fingerprint density at radius 2 is 1.73 bits per heavy atom. The van der Waals surface area contributed by atoms with E-state index in [0.717, 1.165) is 22.3 Å². The number of ether oxygens (including phenoxy) is 1. The van der Waals surface area contributed by atoms with E-state index in [1.807, 2.05) is 31.2 Å². The third kappa shape index (κ3) is 4.32. The minimum Gasteiger partial charge on any atom is -0.480 e. The van der Waals surface area contributed by atoms with Gasteiger partial charge in [0, 0.05) is 24.9 Å². The summed E-state index contributed by atoms with van der Waals surface area (Å²) in [6.07, 6.45) is 1.10. The van der Waals surface area contributed by atoms with Gasteiger partial charge in [0.2, 0.25) is 5.91 Å². The number of amides is 2. The zero-order chi connectivity index (χ0) is 23.6. The first kappa shape index (κ1) is 22.8. The molecule has 0 spiro atoms. The van der Waals surface area contributed by atoms with Crippen LogP contribution in [-0.4, -0.2) is 52.7 Å². The molecule has 4 rings (SSSR count). The predicted molar refractivity (Wildman–Crippen MR) is 124 cm³/mol. The van der Waals surface area contributed by atoms with Gasteiger partial charge in [0.15, 0.2) is 0 Å². The molecule has 2 amide bonds. The van der Waals surface area contributed by atoms with Crippen LogP contribution >= 0.6 is 0 Å². The smallest absolute Gasteiger partial charge is 0.407 e. The zero-order valence-electron chi connectivity index (χ0n) is 19.0. The molecule has 174 valence electrons. The summed E-state index contributed by atoms with van der Waals surface area (Å²) in [7, 11) is 0. The van der Waals surface area contributed by atoms with Crippen molar-refractivity contribution < 1.29 is 24.2 Å². The molecular weight excluding hydrogens is 420 g/mol. The highest BCUT2D eigenvalue weighted by molar-refractivity contribution is 5.88. The number of nitrogens with one attached hydrogen (secondary N) is 1. The maximum Gasteiger partial charge on any atom is 0.407 e. The fourth-order valence-corrected chi connectivity index (χ4v) is 5.01. The van der Waals surface area contributed by atoms with Crippen molar-refractivity contribution in [3.05, 3.63) is 59.7 Å². The van der Waals surface area contributed by atoms with Crippen molar-refractivity contribution in [1.29, 1.82) is 0 Å². The summed E-state index contributed by atoms with van der Waals surface area (Å²) < 4.78 is 5.59. The van der Waals surface area contributed by atoms with Crippen molar-refractivity contribution in [2.24, 2.45) is 0 Å². The van der Waals surface area contributed by atoms with Gasteiger partial charge in [0.25, 0.3) is 0 Å². The van der Waals surface area contributed by atoms with E-state index in [1.165, 1.54) is 4.90 Å². The third-order valence-corrected chi connectivity index (χ3v) is 6.98.